The first-order chi connectivity index (χ1) is 9.78. The molecule has 0 radical (unpaired) electrons. The summed E-state index contributed by atoms with van der Waals surface area (Å²) in [5, 5.41) is 11.5. The number of carbonyl (C=O) groups is 1. The number of amides is 1. The van der Waals surface area contributed by atoms with Crippen LogP contribution < -0.4 is 5.32 Å². The van der Waals surface area contributed by atoms with Gasteiger partial charge in [-0.3, -0.25) is 4.79 Å². The van der Waals surface area contributed by atoms with Crippen LogP contribution in [0.1, 0.15) is 17.7 Å². The monoisotopic (exact) mass is 286 g/mol. The van der Waals surface area contributed by atoms with Crippen molar-refractivity contribution >= 4 is 23.4 Å². The number of thioether (sulfide) groups is 1. The predicted molar refractivity (Wildman–Crippen MR) is 79.3 cm³/mol. The Labute approximate surface area is 121 Å². The van der Waals surface area contributed by atoms with Crippen molar-refractivity contribution in [1.82, 2.24) is 0 Å². The number of hydrogen-bond donors (Lipinski definition) is 1. The molecular weight excluding hydrogens is 272 g/mol. The smallest absolute Gasteiger partial charge is 0.225 e. The van der Waals surface area contributed by atoms with Crippen LogP contribution in [0.25, 0.3) is 0 Å². The number of rotatable bonds is 6. The molecule has 1 amide bonds. The molecule has 1 aromatic heterocycles. The Morgan fingerprint density at radius 3 is 2.75 bits per heavy atom. The minimum Gasteiger partial charge on any atom is -0.468 e. The normalized spacial score (nSPS) is 9.95. The zero-order chi connectivity index (χ0) is 14.2. The lowest BCUT2D eigenvalue weighted by molar-refractivity contribution is -0.115. The van der Waals surface area contributed by atoms with Crippen molar-refractivity contribution in [2.24, 2.45) is 0 Å². The molecule has 0 saturated heterocycles. The van der Waals surface area contributed by atoms with Crippen LogP contribution in [0, 0.1) is 11.3 Å². The molecule has 0 fully saturated rings. The van der Waals surface area contributed by atoms with Crippen LogP contribution in [-0.2, 0) is 10.5 Å². The van der Waals surface area contributed by atoms with E-state index in [1.807, 2.05) is 18.2 Å². The molecule has 0 atom stereocenters. The average molecular weight is 286 g/mol. The molecule has 0 spiro atoms. The number of anilines is 1. The standard InChI is InChI=1S/C15H14N2O2S/c16-10-12-3-5-13(6-4-12)17-15(18)7-9-20-11-14-2-1-8-19-14/h1-6,8H,7,9,11H2,(H,17,18). The Bertz CT molecular complexity index is 585. The first kappa shape index (κ1) is 14.2. The van der Waals surface area contributed by atoms with Gasteiger partial charge in [-0.1, -0.05) is 0 Å². The van der Waals surface area contributed by atoms with Gasteiger partial charge in [0.25, 0.3) is 0 Å². The Balaban J connectivity index is 1.68. The summed E-state index contributed by atoms with van der Waals surface area (Å²) in [5.74, 6) is 2.41. The summed E-state index contributed by atoms with van der Waals surface area (Å²) in [5.41, 5.74) is 1.29. The number of carbonyl (C=O) groups excluding carboxylic acids is 1. The molecule has 0 unspecified atom stereocenters. The molecule has 102 valence electrons. The summed E-state index contributed by atoms with van der Waals surface area (Å²) < 4.78 is 5.21. The maximum atomic E-state index is 11.7. The molecule has 0 bridgehead atoms. The van der Waals surface area contributed by atoms with E-state index < -0.39 is 0 Å². The lowest BCUT2D eigenvalue weighted by Crippen LogP contribution is -2.12. The molecular formula is C15H14N2O2S. The van der Waals surface area contributed by atoms with E-state index in [4.69, 9.17) is 9.68 Å². The van der Waals surface area contributed by atoms with E-state index in [9.17, 15) is 4.79 Å². The second kappa shape index (κ2) is 7.41. The zero-order valence-electron chi connectivity index (χ0n) is 10.8. The maximum Gasteiger partial charge on any atom is 0.225 e. The molecule has 2 aromatic rings. The summed E-state index contributed by atoms with van der Waals surface area (Å²) in [4.78, 5) is 11.7. The quantitative estimate of drug-likeness (QED) is 0.826. The van der Waals surface area contributed by atoms with Gasteiger partial charge in [-0.15, -0.1) is 0 Å². The van der Waals surface area contributed by atoms with Gasteiger partial charge in [-0.2, -0.15) is 17.0 Å². The second-order valence-corrected chi connectivity index (χ2v) is 5.22. The summed E-state index contributed by atoms with van der Waals surface area (Å²) >= 11 is 1.66. The van der Waals surface area contributed by atoms with Gasteiger partial charge in [-0.25, -0.2) is 0 Å². The highest BCUT2D eigenvalue weighted by Crippen LogP contribution is 2.14. The summed E-state index contributed by atoms with van der Waals surface area (Å²) in [7, 11) is 0. The van der Waals surface area contributed by atoms with Gasteiger partial charge < -0.3 is 9.73 Å². The Morgan fingerprint density at radius 2 is 2.10 bits per heavy atom. The third-order valence-electron chi connectivity index (χ3n) is 2.60. The molecule has 0 aliphatic carbocycles. The van der Waals surface area contributed by atoms with E-state index in [1.54, 1.807) is 42.3 Å². The van der Waals surface area contributed by atoms with Crippen LogP contribution in [0.5, 0.6) is 0 Å². The lowest BCUT2D eigenvalue weighted by Gasteiger charge is -2.04. The first-order valence-electron chi connectivity index (χ1n) is 6.18. The number of furan rings is 1. The van der Waals surface area contributed by atoms with Gasteiger partial charge in [0.1, 0.15) is 5.76 Å². The van der Waals surface area contributed by atoms with E-state index in [2.05, 4.69) is 5.32 Å². The van der Waals surface area contributed by atoms with Crippen LogP contribution in [-0.4, -0.2) is 11.7 Å². The second-order valence-electron chi connectivity index (χ2n) is 4.12. The molecule has 0 saturated carbocycles. The summed E-state index contributed by atoms with van der Waals surface area (Å²) in [6, 6.07) is 12.6. The van der Waals surface area contributed by atoms with Crippen molar-refractivity contribution in [2.75, 3.05) is 11.1 Å². The van der Waals surface area contributed by atoms with Crippen molar-refractivity contribution in [3.05, 3.63) is 54.0 Å². The zero-order valence-corrected chi connectivity index (χ0v) is 11.7. The van der Waals surface area contributed by atoms with Crippen LogP contribution in [0.4, 0.5) is 5.69 Å². The van der Waals surface area contributed by atoms with Crippen LogP contribution in [0.15, 0.2) is 47.1 Å². The largest absolute Gasteiger partial charge is 0.468 e. The molecule has 2 rings (SSSR count). The topological polar surface area (TPSA) is 66.0 Å². The van der Waals surface area contributed by atoms with Crippen LogP contribution >= 0.6 is 11.8 Å². The lowest BCUT2D eigenvalue weighted by atomic mass is 10.2. The highest BCUT2D eigenvalue weighted by Gasteiger charge is 2.03. The molecule has 5 heteroatoms. The van der Waals surface area contributed by atoms with E-state index >= 15 is 0 Å². The first-order valence-corrected chi connectivity index (χ1v) is 7.33. The maximum absolute atomic E-state index is 11.7. The highest BCUT2D eigenvalue weighted by molar-refractivity contribution is 7.98. The Hall–Kier alpha value is -2.19. The van der Waals surface area contributed by atoms with Gasteiger partial charge in [-0.05, 0) is 36.4 Å². The van der Waals surface area contributed by atoms with Gasteiger partial charge >= 0.3 is 0 Å². The van der Waals surface area contributed by atoms with Gasteiger partial charge in [0, 0.05) is 17.9 Å². The van der Waals surface area contributed by atoms with Crippen molar-refractivity contribution in [2.45, 2.75) is 12.2 Å². The number of nitrogens with zero attached hydrogens (tertiary/aromatic N) is 1. The van der Waals surface area contributed by atoms with Crippen molar-refractivity contribution in [1.29, 1.82) is 5.26 Å². The molecule has 4 nitrogen and oxygen atoms in total. The number of nitrogens with one attached hydrogen (secondary N) is 1. The molecule has 0 aliphatic rings. The predicted octanol–water partition coefficient (Wildman–Crippen LogP) is 3.41. The van der Waals surface area contributed by atoms with Gasteiger partial charge in [0.2, 0.25) is 5.91 Å². The molecule has 20 heavy (non-hydrogen) atoms. The van der Waals surface area contributed by atoms with E-state index in [-0.39, 0.29) is 5.91 Å². The molecule has 1 heterocycles. The van der Waals surface area contributed by atoms with Gasteiger partial charge in [0.15, 0.2) is 0 Å². The average Bonchev–Trinajstić information content (AvgIpc) is 2.98. The summed E-state index contributed by atoms with van der Waals surface area (Å²) in [6.07, 6.45) is 2.10. The van der Waals surface area contributed by atoms with Crippen molar-refractivity contribution in [3.8, 4) is 6.07 Å². The number of benzene rings is 1. The number of nitriles is 1. The minimum atomic E-state index is -0.0262. The fourth-order valence-electron chi connectivity index (χ4n) is 1.58. The number of hydrogen-bond acceptors (Lipinski definition) is 4. The molecule has 1 N–H and O–H groups in total. The molecule has 0 aliphatic heterocycles. The minimum absolute atomic E-state index is 0.0262. The van der Waals surface area contributed by atoms with Crippen LogP contribution in [0.3, 0.4) is 0 Å². The van der Waals surface area contributed by atoms with Crippen LogP contribution in [0.2, 0.25) is 0 Å². The summed E-state index contributed by atoms with van der Waals surface area (Å²) in [6.45, 7) is 0. The third kappa shape index (κ3) is 4.48. The van der Waals surface area contributed by atoms with E-state index in [0.29, 0.717) is 17.7 Å². The highest BCUT2D eigenvalue weighted by atomic mass is 32.2. The van der Waals surface area contributed by atoms with Crippen molar-refractivity contribution < 1.29 is 9.21 Å². The Kier molecular flexibility index (Phi) is 5.27. The third-order valence-corrected chi connectivity index (χ3v) is 3.58. The Morgan fingerprint density at radius 1 is 1.30 bits per heavy atom. The SMILES string of the molecule is N#Cc1ccc(NC(=O)CCSCc2ccco2)cc1. The van der Waals surface area contributed by atoms with E-state index in [1.165, 1.54) is 0 Å². The van der Waals surface area contributed by atoms with E-state index in [0.717, 1.165) is 17.3 Å². The molecule has 1 aromatic carbocycles. The van der Waals surface area contributed by atoms with Gasteiger partial charge in [0.05, 0.1) is 23.6 Å². The fourth-order valence-corrected chi connectivity index (χ4v) is 2.42. The fraction of sp³-hybridized carbons (Fsp3) is 0.200. The van der Waals surface area contributed by atoms with Crippen molar-refractivity contribution in [3.63, 3.8) is 0 Å².